The molecule has 180 valence electrons. The Hall–Kier alpha value is -3.74. The van der Waals surface area contributed by atoms with E-state index in [4.69, 9.17) is 21.3 Å². The lowest BCUT2D eigenvalue weighted by Crippen LogP contribution is -2.32. The molecule has 0 fully saturated rings. The van der Waals surface area contributed by atoms with Gasteiger partial charge in [-0.3, -0.25) is 14.7 Å². The van der Waals surface area contributed by atoms with E-state index in [1.54, 1.807) is 30.3 Å². The van der Waals surface area contributed by atoms with E-state index in [1.165, 1.54) is 11.3 Å². The van der Waals surface area contributed by atoms with Crippen LogP contribution in [0.3, 0.4) is 0 Å². The zero-order valence-corrected chi connectivity index (χ0v) is 21.2. The number of hydrogen-bond acceptors (Lipinski definition) is 5. The molecule has 0 aliphatic rings. The summed E-state index contributed by atoms with van der Waals surface area (Å²) in [6.45, 7) is 0.301. The molecule has 0 saturated heterocycles. The SMILES string of the molecule is COc1ccc(Cl)c2sc(N(Cc3ccccn3)C(=O)CC(c3ccccc3)c3ccccc3)nc12. The van der Waals surface area contributed by atoms with Gasteiger partial charge in [0.1, 0.15) is 11.3 Å². The Morgan fingerprint density at radius 3 is 2.22 bits per heavy atom. The molecule has 0 atom stereocenters. The van der Waals surface area contributed by atoms with Crippen molar-refractivity contribution in [2.45, 2.75) is 18.9 Å². The number of pyridine rings is 1. The first kappa shape index (κ1) is 24.0. The Morgan fingerprint density at radius 1 is 0.944 bits per heavy atom. The maximum Gasteiger partial charge on any atom is 0.230 e. The van der Waals surface area contributed by atoms with Crippen LogP contribution in [0.2, 0.25) is 5.02 Å². The number of methoxy groups -OCH3 is 1. The standard InChI is InChI=1S/C29H24ClN3O2S/c1-35-25-16-15-24(30)28-27(25)32-29(36-28)33(19-22-14-8-9-17-31-22)26(34)18-23(20-10-4-2-5-11-20)21-12-6-3-7-13-21/h2-17,23H,18-19H2,1H3. The zero-order valence-electron chi connectivity index (χ0n) is 19.7. The smallest absolute Gasteiger partial charge is 0.230 e. The van der Waals surface area contributed by atoms with Crippen LogP contribution < -0.4 is 9.64 Å². The van der Waals surface area contributed by atoms with Crippen molar-refractivity contribution in [2.24, 2.45) is 0 Å². The van der Waals surface area contributed by atoms with Crippen LogP contribution in [0.15, 0.2) is 97.2 Å². The molecule has 0 N–H and O–H groups in total. The third kappa shape index (κ3) is 5.10. The number of fused-ring (bicyclic) bond motifs is 1. The fraction of sp³-hybridized carbons (Fsp3) is 0.138. The predicted octanol–water partition coefficient (Wildman–Crippen LogP) is 7.11. The summed E-state index contributed by atoms with van der Waals surface area (Å²) in [6, 6.07) is 29.5. The van der Waals surface area contributed by atoms with Crippen LogP contribution in [0.4, 0.5) is 5.13 Å². The molecule has 0 radical (unpaired) electrons. The highest BCUT2D eigenvalue weighted by molar-refractivity contribution is 7.23. The van der Waals surface area contributed by atoms with Crippen molar-refractivity contribution in [3.63, 3.8) is 0 Å². The highest BCUT2D eigenvalue weighted by Gasteiger charge is 2.26. The summed E-state index contributed by atoms with van der Waals surface area (Å²) in [5.74, 6) is 0.472. The van der Waals surface area contributed by atoms with E-state index < -0.39 is 0 Å². The van der Waals surface area contributed by atoms with Crippen LogP contribution in [0.5, 0.6) is 5.75 Å². The highest BCUT2D eigenvalue weighted by atomic mass is 35.5. The first-order valence-electron chi connectivity index (χ1n) is 11.6. The van der Waals surface area contributed by atoms with Crippen molar-refractivity contribution >= 4 is 44.2 Å². The van der Waals surface area contributed by atoms with Gasteiger partial charge in [0.05, 0.1) is 29.1 Å². The molecule has 0 spiro atoms. The number of benzene rings is 3. The van der Waals surface area contributed by atoms with Crippen LogP contribution in [0.25, 0.3) is 10.2 Å². The van der Waals surface area contributed by atoms with E-state index >= 15 is 0 Å². The van der Waals surface area contributed by atoms with Gasteiger partial charge in [-0.05, 0) is 35.4 Å². The molecule has 36 heavy (non-hydrogen) atoms. The minimum Gasteiger partial charge on any atom is -0.494 e. The number of ether oxygens (including phenoxy) is 1. The van der Waals surface area contributed by atoms with Gasteiger partial charge in [-0.2, -0.15) is 0 Å². The lowest BCUT2D eigenvalue weighted by Gasteiger charge is -2.24. The Balaban J connectivity index is 1.55. The van der Waals surface area contributed by atoms with Gasteiger partial charge in [0, 0.05) is 18.5 Å². The molecule has 5 rings (SSSR count). The average Bonchev–Trinajstić information content (AvgIpc) is 3.38. The lowest BCUT2D eigenvalue weighted by molar-refractivity contribution is -0.119. The number of halogens is 1. The molecule has 0 aliphatic carbocycles. The Labute approximate surface area is 219 Å². The number of rotatable bonds is 8. The van der Waals surface area contributed by atoms with Crippen molar-refractivity contribution in [3.8, 4) is 5.75 Å². The van der Waals surface area contributed by atoms with Crippen molar-refractivity contribution in [1.29, 1.82) is 0 Å². The molecule has 3 aromatic carbocycles. The number of amides is 1. The fourth-order valence-corrected chi connectivity index (χ4v) is 5.49. The third-order valence-electron chi connectivity index (χ3n) is 6.03. The molecule has 7 heteroatoms. The van der Waals surface area contributed by atoms with Gasteiger partial charge < -0.3 is 4.74 Å². The Kier molecular flexibility index (Phi) is 7.26. The Morgan fingerprint density at radius 2 is 1.61 bits per heavy atom. The summed E-state index contributed by atoms with van der Waals surface area (Å²) in [6.07, 6.45) is 2.01. The highest BCUT2D eigenvalue weighted by Crippen LogP contribution is 2.40. The molecule has 0 aliphatic heterocycles. The summed E-state index contributed by atoms with van der Waals surface area (Å²) in [7, 11) is 1.60. The number of nitrogens with zero attached hydrogens (tertiary/aromatic N) is 3. The summed E-state index contributed by atoms with van der Waals surface area (Å²) < 4.78 is 6.29. The van der Waals surface area contributed by atoms with Gasteiger partial charge in [0.15, 0.2) is 5.13 Å². The number of carbonyl (C=O) groups is 1. The molecule has 2 aromatic heterocycles. The van der Waals surface area contributed by atoms with Crippen molar-refractivity contribution in [1.82, 2.24) is 9.97 Å². The number of hydrogen-bond donors (Lipinski definition) is 0. The summed E-state index contributed by atoms with van der Waals surface area (Å²) in [5, 5.41) is 1.14. The lowest BCUT2D eigenvalue weighted by atomic mass is 9.88. The first-order chi connectivity index (χ1) is 17.6. The van der Waals surface area contributed by atoms with E-state index in [9.17, 15) is 4.79 Å². The summed E-state index contributed by atoms with van der Waals surface area (Å²) in [5.41, 5.74) is 3.60. The second-order valence-corrected chi connectivity index (χ2v) is 9.69. The van der Waals surface area contributed by atoms with Crippen LogP contribution in [0, 0.1) is 0 Å². The summed E-state index contributed by atoms with van der Waals surface area (Å²) in [4.78, 5) is 25.0. The fourth-order valence-electron chi connectivity index (χ4n) is 4.22. The number of carbonyl (C=O) groups excluding carboxylic acids is 1. The van der Waals surface area contributed by atoms with Gasteiger partial charge >= 0.3 is 0 Å². The number of anilines is 1. The molecule has 2 heterocycles. The third-order valence-corrected chi connectivity index (χ3v) is 7.57. The van der Waals surface area contributed by atoms with Gasteiger partial charge in [0.2, 0.25) is 5.91 Å². The quantitative estimate of drug-likeness (QED) is 0.222. The monoisotopic (exact) mass is 513 g/mol. The molecule has 5 aromatic rings. The molecule has 0 saturated carbocycles. The molecule has 5 nitrogen and oxygen atoms in total. The normalized spacial score (nSPS) is 11.1. The molecule has 1 amide bonds. The van der Waals surface area contributed by atoms with Crippen molar-refractivity contribution in [2.75, 3.05) is 12.0 Å². The van der Waals surface area contributed by atoms with E-state index in [0.717, 1.165) is 21.5 Å². The van der Waals surface area contributed by atoms with E-state index in [-0.39, 0.29) is 18.2 Å². The minimum atomic E-state index is -0.0985. The maximum atomic E-state index is 14.0. The molecular weight excluding hydrogens is 490 g/mol. The van der Waals surface area contributed by atoms with Gasteiger partial charge in [-0.15, -0.1) is 0 Å². The van der Waals surface area contributed by atoms with Gasteiger partial charge in [-0.25, -0.2) is 4.98 Å². The zero-order chi connectivity index (χ0) is 24.9. The second kappa shape index (κ2) is 10.9. The van der Waals surface area contributed by atoms with E-state index in [1.807, 2.05) is 54.6 Å². The van der Waals surface area contributed by atoms with Crippen molar-refractivity contribution in [3.05, 3.63) is 119 Å². The van der Waals surface area contributed by atoms with E-state index in [0.29, 0.717) is 28.0 Å². The molecular formula is C29H24ClN3O2S. The first-order valence-corrected chi connectivity index (χ1v) is 12.8. The van der Waals surface area contributed by atoms with Crippen LogP contribution in [-0.2, 0) is 11.3 Å². The van der Waals surface area contributed by atoms with Gasteiger partial charge in [0.25, 0.3) is 0 Å². The summed E-state index contributed by atoms with van der Waals surface area (Å²) >= 11 is 7.87. The topological polar surface area (TPSA) is 55.3 Å². The number of aromatic nitrogens is 2. The number of thiazole rings is 1. The maximum absolute atomic E-state index is 14.0. The van der Waals surface area contributed by atoms with Crippen LogP contribution in [-0.4, -0.2) is 23.0 Å². The van der Waals surface area contributed by atoms with Crippen LogP contribution >= 0.6 is 22.9 Å². The molecule has 0 unspecified atom stereocenters. The second-order valence-electron chi connectivity index (χ2n) is 8.30. The average molecular weight is 514 g/mol. The van der Waals surface area contributed by atoms with Gasteiger partial charge in [-0.1, -0.05) is 89.7 Å². The predicted molar refractivity (Wildman–Crippen MR) is 146 cm³/mol. The molecule has 0 bridgehead atoms. The van der Waals surface area contributed by atoms with Crippen LogP contribution in [0.1, 0.15) is 29.2 Å². The minimum absolute atomic E-state index is 0.0486. The Bertz CT molecular complexity index is 1420. The van der Waals surface area contributed by atoms with Crippen molar-refractivity contribution < 1.29 is 9.53 Å². The largest absolute Gasteiger partial charge is 0.494 e. The van der Waals surface area contributed by atoms with E-state index in [2.05, 4.69) is 29.2 Å².